The van der Waals surface area contributed by atoms with Gasteiger partial charge < -0.3 is 10.2 Å². The zero-order valence-corrected chi connectivity index (χ0v) is 19.9. The number of rotatable bonds is 10. The van der Waals surface area contributed by atoms with E-state index in [2.05, 4.69) is 5.32 Å². The summed E-state index contributed by atoms with van der Waals surface area (Å²) in [5, 5.41) is 2.78. The van der Waals surface area contributed by atoms with Crippen LogP contribution in [0.25, 0.3) is 0 Å². The maximum Gasteiger partial charge on any atom is 0.244 e. The summed E-state index contributed by atoms with van der Waals surface area (Å²) in [7, 11) is -3.90. The van der Waals surface area contributed by atoms with Gasteiger partial charge in [-0.3, -0.25) is 13.9 Å². The number of halogens is 2. The molecule has 33 heavy (non-hydrogen) atoms. The van der Waals surface area contributed by atoms with Crippen LogP contribution in [0.4, 0.5) is 14.5 Å². The van der Waals surface area contributed by atoms with Crippen LogP contribution in [0, 0.1) is 11.6 Å². The lowest BCUT2D eigenvalue weighted by atomic mass is 10.1. The van der Waals surface area contributed by atoms with Crippen molar-refractivity contribution in [2.24, 2.45) is 0 Å². The molecule has 2 amide bonds. The second kappa shape index (κ2) is 11.2. The molecule has 2 rings (SSSR count). The Bertz CT molecular complexity index is 1060. The molecule has 10 heteroatoms. The number of nitrogens with zero attached hydrogens (tertiary/aromatic N) is 2. The Morgan fingerprint density at radius 3 is 1.94 bits per heavy atom. The van der Waals surface area contributed by atoms with Gasteiger partial charge in [-0.1, -0.05) is 19.1 Å². The lowest BCUT2D eigenvalue weighted by Gasteiger charge is -2.33. The minimum Gasteiger partial charge on any atom is -0.352 e. The van der Waals surface area contributed by atoms with E-state index in [4.69, 9.17) is 0 Å². The van der Waals surface area contributed by atoms with E-state index in [0.717, 1.165) is 22.7 Å². The summed E-state index contributed by atoms with van der Waals surface area (Å²) in [5.41, 5.74) is 0.696. The molecule has 0 spiro atoms. The number of carbonyl (C=O) groups excluding carboxylic acids is 2. The van der Waals surface area contributed by atoms with Crippen molar-refractivity contribution in [1.29, 1.82) is 0 Å². The zero-order valence-electron chi connectivity index (χ0n) is 19.1. The van der Waals surface area contributed by atoms with E-state index in [1.807, 2.05) is 0 Å². The molecule has 1 atom stereocenters. The van der Waals surface area contributed by atoms with Crippen molar-refractivity contribution in [3.05, 3.63) is 65.7 Å². The average Bonchev–Trinajstić information content (AvgIpc) is 2.72. The average molecular weight is 482 g/mol. The van der Waals surface area contributed by atoms with Gasteiger partial charge in [-0.15, -0.1) is 0 Å². The van der Waals surface area contributed by atoms with Crippen LogP contribution in [0.1, 0.15) is 32.8 Å². The third-order valence-electron chi connectivity index (χ3n) is 4.88. The van der Waals surface area contributed by atoms with Crippen molar-refractivity contribution < 1.29 is 26.8 Å². The minimum absolute atomic E-state index is 0.0237. The maximum atomic E-state index is 13.4. The first-order chi connectivity index (χ1) is 15.4. The fraction of sp³-hybridized carbons (Fsp3) is 0.391. The predicted molar refractivity (Wildman–Crippen MR) is 123 cm³/mol. The summed E-state index contributed by atoms with van der Waals surface area (Å²) >= 11 is 0. The van der Waals surface area contributed by atoms with Crippen LogP contribution in [0.5, 0.6) is 0 Å². The van der Waals surface area contributed by atoms with Gasteiger partial charge in [0.25, 0.3) is 0 Å². The monoisotopic (exact) mass is 481 g/mol. The van der Waals surface area contributed by atoms with E-state index >= 15 is 0 Å². The standard InChI is InChI=1S/C23H29F2N3O4S/c1-5-21(23(30)26-16(2)3)27(14-17-6-8-18(24)9-7-17)22(29)15-28(33(4,31)32)20-12-10-19(25)11-13-20/h6-13,16,21H,5,14-15H2,1-4H3,(H,26,30)/t21-/m1/s1. The first kappa shape index (κ1) is 26.2. The second-order valence-corrected chi connectivity index (χ2v) is 9.89. The van der Waals surface area contributed by atoms with Gasteiger partial charge in [0.2, 0.25) is 21.8 Å². The lowest BCUT2D eigenvalue weighted by Crippen LogP contribution is -2.53. The summed E-state index contributed by atoms with van der Waals surface area (Å²) < 4.78 is 52.4. The molecule has 7 nitrogen and oxygen atoms in total. The van der Waals surface area contributed by atoms with Gasteiger partial charge >= 0.3 is 0 Å². The number of carbonyl (C=O) groups is 2. The molecule has 0 radical (unpaired) electrons. The molecule has 2 aromatic carbocycles. The van der Waals surface area contributed by atoms with Gasteiger partial charge in [0.15, 0.2) is 0 Å². The Balaban J connectivity index is 2.42. The summed E-state index contributed by atoms with van der Waals surface area (Å²) in [5.74, 6) is -2.00. The third kappa shape index (κ3) is 7.52. The smallest absolute Gasteiger partial charge is 0.244 e. The number of anilines is 1. The van der Waals surface area contributed by atoms with Gasteiger partial charge in [-0.25, -0.2) is 17.2 Å². The lowest BCUT2D eigenvalue weighted by molar-refractivity contribution is -0.140. The number of hydrogen-bond donors (Lipinski definition) is 1. The van der Waals surface area contributed by atoms with E-state index in [9.17, 15) is 26.8 Å². The maximum absolute atomic E-state index is 13.4. The predicted octanol–water partition coefficient (Wildman–Crippen LogP) is 3.06. The SMILES string of the molecule is CC[C@H](C(=O)NC(C)C)N(Cc1ccc(F)cc1)C(=O)CN(c1ccc(F)cc1)S(C)(=O)=O. The normalized spacial score (nSPS) is 12.3. The fourth-order valence-electron chi connectivity index (χ4n) is 3.31. The molecule has 2 aromatic rings. The van der Waals surface area contributed by atoms with Crippen molar-refractivity contribution in [3.8, 4) is 0 Å². The van der Waals surface area contributed by atoms with Crippen molar-refractivity contribution in [1.82, 2.24) is 10.2 Å². The highest BCUT2D eigenvalue weighted by Gasteiger charge is 2.31. The molecule has 0 unspecified atom stereocenters. The molecule has 0 saturated heterocycles. The second-order valence-electron chi connectivity index (χ2n) is 7.98. The van der Waals surface area contributed by atoms with E-state index in [0.29, 0.717) is 5.56 Å². The van der Waals surface area contributed by atoms with Gasteiger partial charge in [-0.05, 0) is 62.2 Å². The summed E-state index contributed by atoms with van der Waals surface area (Å²) in [6, 6.07) is 9.16. The highest BCUT2D eigenvalue weighted by Crippen LogP contribution is 2.20. The molecular weight excluding hydrogens is 452 g/mol. The summed E-state index contributed by atoms with van der Waals surface area (Å²) in [6.45, 7) is 4.71. The zero-order chi connectivity index (χ0) is 24.8. The highest BCUT2D eigenvalue weighted by molar-refractivity contribution is 7.92. The topological polar surface area (TPSA) is 86.8 Å². The Hall–Kier alpha value is -3.01. The van der Waals surface area contributed by atoms with Gasteiger partial charge in [-0.2, -0.15) is 0 Å². The van der Waals surface area contributed by atoms with Crippen LogP contribution in [0.2, 0.25) is 0 Å². The molecule has 0 heterocycles. The summed E-state index contributed by atoms with van der Waals surface area (Å²) in [4.78, 5) is 27.5. The molecule has 180 valence electrons. The van der Waals surface area contributed by atoms with Crippen LogP contribution >= 0.6 is 0 Å². The van der Waals surface area contributed by atoms with E-state index in [-0.39, 0.29) is 30.6 Å². The van der Waals surface area contributed by atoms with Crippen LogP contribution in [0.15, 0.2) is 48.5 Å². The third-order valence-corrected chi connectivity index (χ3v) is 6.02. The van der Waals surface area contributed by atoms with E-state index in [1.165, 1.54) is 41.3 Å². The van der Waals surface area contributed by atoms with E-state index in [1.54, 1.807) is 20.8 Å². The van der Waals surface area contributed by atoms with Crippen molar-refractivity contribution in [2.75, 3.05) is 17.1 Å². The highest BCUT2D eigenvalue weighted by atomic mass is 32.2. The van der Waals surface area contributed by atoms with Crippen molar-refractivity contribution in [2.45, 2.75) is 45.8 Å². The first-order valence-electron chi connectivity index (χ1n) is 10.5. The summed E-state index contributed by atoms with van der Waals surface area (Å²) in [6.07, 6.45) is 1.22. The van der Waals surface area contributed by atoms with Crippen LogP contribution in [-0.2, 0) is 26.2 Å². The van der Waals surface area contributed by atoms with Crippen molar-refractivity contribution >= 4 is 27.5 Å². The molecular formula is C23H29F2N3O4S. The van der Waals surface area contributed by atoms with Crippen LogP contribution < -0.4 is 9.62 Å². The van der Waals surface area contributed by atoms with Crippen LogP contribution in [0.3, 0.4) is 0 Å². The molecule has 0 aliphatic carbocycles. The molecule has 0 bridgehead atoms. The molecule has 0 saturated carbocycles. The van der Waals surface area contributed by atoms with Gasteiger partial charge in [0.05, 0.1) is 11.9 Å². The Kier molecular flexibility index (Phi) is 8.92. The number of nitrogens with one attached hydrogen (secondary N) is 1. The molecule has 0 aliphatic rings. The minimum atomic E-state index is -3.90. The fourth-order valence-corrected chi connectivity index (χ4v) is 4.16. The Labute approximate surface area is 193 Å². The molecule has 0 aromatic heterocycles. The number of sulfonamides is 1. The number of amides is 2. The molecule has 0 aliphatic heterocycles. The van der Waals surface area contributed by atoms with E-state index < -0.39 is 40.2 Å². The van der Waals surface area contributed by atoms with Crippen molar-refractivity contribution in [3.63, 3.8) is 0 Å². The largest absolute Gasteiger partial charge is 0.352 e. The molecule has 1 N–H and O–H groups in total. The Morgan fingerprint density at radius 2 is 1.48 bits per heavy atom. The number of hydrogen-bond acceptors (Lipinski definition) is 4. The van der Waals surface area contributed by atoms with Crippen LogP contribution in [-0.4, -0.2) is 50.0 Å². The first-order valence-corrected chi connectivity index (χ1v) is 12.3. The van der Waals surface area contributed by atoms with Gasteiger partial charge in [0, 0.05) is 12.6 Å². The Morgan fingerprint density at radius 1 is 0.970 bits per heavy atom. The quantitative estimate of drug-likeness (QED) is 0.565. The number of benzene rings is 2. The molecule has 0 fully saturated rings. The van der Waals surface area contributed by atoms with Gasteiger partial charge in [0.1, 0.15) is 24.2 Å².